The minimum Gasteiger partial charge on any atom is -0.356 e. The smallest absolute Gasteiger partial charge is 0.356 e. The van der Waals surface area contributed by atoms with Gasteiger partial charge in [-0.1, -0.05) is 10.2 Å². The number of hydrogen-bond acceptors (Lipinski definition) is 12. The zero-order valence-electron chi connectivity index (χ0n) is 31.4. The summed E-state index contributed by atoms with van der Waals surface area (Å²) in [6, 6.07) is 31.4. The highest BCUT2D eigenvalue weighted by Crippen LogP contribution is 2.26. The number of benzene rings is 4. The van der Waals surface area contributed by atoms with Crippen molar-refractivity contribution < 1.29 is 9.13 Å². The van der Waals surface area contributed by atoms with Crippen LogP contribution in [0.25, 0.3) is 0 Å². The van der Waals surface area contributed by atoms with E-state index in [1.807, 2.05) is 187 Å². The maximum Gasteiger partial charge on any atom is 0.421 e. The Labute approximate surface area is 318 Å². The maximum atomic E-state index is 4.64. The van der Waals surface area contributed by atoms with Gasteiger partial charge in [0.15, 0.2) is 0 Å². The second-order valence-corrected chi connectivity index (χ2v) is 13.0. The van der Waals surface area contributed by atoms with Crippen molar-refractivity contribution in [3.8, 4) is 0 Å². The summed E-state index contributed by atoms with van der Waals surface area (Å²) in [6.45, 7) is 0. The third-order valence-electron chi connectivity index (χ3n) is 8.42. The van der Waals surface area contributed by atoms with Crippen LogP contribution in [0.4, 0.5) is 75.2 Å². The van der Waals surface area contributed by atoms with Crippen LogP contribution in [0.1, 0.15) is 0 Å². The van der Waals surface area contributed by atoms with Gasteiger partial charge in [-0.25, -0.2) is 18.3 Å². The molecule has 0 aliphatic heterocycles. The molecule has 0 saturated heterocycles. The molecule has 3 heterocycles. The van der Waals surface area contributed by atoms with Crippen LogP contribution >= 0.6 is 0 Å². The van der Waals surface area contributed by atoms with Crippen LogP contribution in [0, 0.1) is 0 Å². The number of nitrogens with zero attached hydrogens (tertiary/aromatic N) is 12. The largest absolute Gasteiger partial charge is 0.421 e. The summed E-state index contributed by atoms with van der Waals surface area (Å²) in [5.74, 6) is 2.85. The Morgan fingerprint density at radius 1 is 0.473 bits per heavy atom. The van der Waals surface area contributed by atoms with Gasteiger partial charge in [0.1, 0.15) is 11.4 Å². The first-order valence-corrected chi connectivity index (χ1v) is 17.4. The molecule has 0 radical (unpaired) electrons. The van der Waals surface area contributed by atoms with Crippen LogP contribution < -0.4 is 35.3 Å². The summed E-state index contributed by atoms with van der Waals surface area (Å²) >= 11 is 0. The van der Waals surface area contributed by atoms with Gasteiger partial charge in [-0.3, -0.25) is 0 Å². The van der Waals surface area contributed by atoms with Crippen LogP contribution in [0.5, 0.6) is 0 Å². The number of hydrogen-bond donors (Lipinski definition) is 4. The molecule has 16 nitrogen and oxygen atoms in total. The Kier molecular flexibility index (Phi) is 10.5. The Morgan fingerprint density at radius 2 is 0.800 bits per heavy atom. The molecule has 0 aliphatic carbocycles. The first-order chi connectivity index (χ1) is 26.6. The van der Waals surface area contributed by atoms with Crippen LogP contribution in [0.2, 0.25) is 0 Å². The first-order valence-electron chi connectivity index (χ1n) is 17.4. The highest BCUT2D eigenvalue weighted by molar-refractivity contribution is 5.68. The molecule has 4 aromatic carbocycles. The fourth-order valence-corrected chi connectivity index (χ4v) is 5.42. The Balaban J connectivity index is 0.949. The fourth-order valence-electron chi connectivity index (χ4n) is 5.42. The molecule has 0 atom stereocenters. The van der Waals surface area contributed by atoms with Crippen molar-refractivity contribution in [3.05, 3.63) is 122 Å². The van der Waals surface area contributed by atoms with Gasteiger partial charge in [0.05, 0.1) is 53.0 Å². The standard InChI is InChI=1S/C39H40N16/c1-51(2)37-45-35(42-31-11-7-27(8-12-31)40-29-15-19-33(20-16-29)47-49-38-52(3)23-24-53(38)4)44-36(46-37)43-32-13-9-28(10-14-32)41-30-17-21-34(22-18-30)48-50-39-54(5)25-26-55(39)6/h7-26H,1-6H3,(H2,42,43,44,45,46,47,48)/p+2. The van der Waals surface area contributed by atoms with Crippen molar-refractivity contribution in [2.45, 2.75) is 0 Å². The van der Waals surface area contributed by atoms with E-state index in [1.54, 1.807) is 0 Å². The van der Waals surface area contributed by atoms with E-state index in [4.69, 9.17) is 0 Å². The van der Waals surface area contributed by atoms with Crippen molar-refractivity contribution in [1.82, 2.24) is 24.1 Å². The molecular formula is C39H42N16+2. The summed E-state index contributed by atoms with van der Waals surface area (Å²) < 4.78 is 7.66. The summed E-state index contributed by atoms with van der Waals surface area (Å²) in [4.78, 5) is 15.7. The molecule has 16 heteroatoms. The number of imidazole rings is 2. The van der Waals surface area contributed by atoms with Crippen molar-refractivity contribution in [2.75, 3.05) is 40.3 Å². The molecule has 7 aromatic rings. The molecule has 7 rings (SSSR count). The first kappa shape index (κ1) is 35.9. The molecule has 55 heavy (non-hydrogen) atoms. The second kappa shape index (κ2) is 16.0. The lowest BCUT2D eigenvalue weighted by atomic mass is 10.2. The lowest BCUT2D eigenvalue weighted by Gasteiger charge is -2.15. The number of azo groups is 2. The lowest BCUT2D eigenvalue weighted by Crippen LogP contribution is -2.25. The number of anilines is 9. The van der Waals surface area contributed by atoms with Crippen LogP contribution in [-0.2, 0) is 28.2 Å². The van der Waals surface area contributed by atoms with Crippen molar-refractivity contribution in [3.63, 3.8) is 0 Å². The van der Waals surface area contributed by atoms with Crippen LogP contribution in [0.15, 0.2) is 142 Å². The summed E-state index contributed by atoms with van der Waals surface area (Å²) in [7, 11) is 11.5. The molecule has 0 amide bonds. The average molecular weight is 735 g/mol. The summed E-state index contributed by atoms with van der Waals surface area (Å²) in [5, 5.41) is 30.9. The van der Waals surface area contributed by atoms with Gasteiger partial charge in [0.2, 0.25) is 17.8 Å². The summed E-state index contributed by atoms with van der Waals surface area (Å²) in [5.41, 5.74) is 6.90. The van der Waals surface area contributed by atoms with E-state index in [2.05, 4.69) is 56.7 Å². The molecule has 0 fully saturated rings. The zero-order valence-corrected chi connectivity index (χ0v) is 31.4. The third-order valence-corrected chi connectivity index (χ3v) is 8.42. The van der Waals surface area contributed by atoms with E-state index >= 15 is 0 Å². The molecule has 4 N–H and O–H groups in total. The predicted octanol–water partition coefficient (Wildman–Crippen LogP) is 8.07. The number of aryl methyl sites for hydroxylation is 4. The van der Waals surface area contributed by atoms with Crippen molar-refractivity contribution in [2.24, 2.45) is 48.6 Å². The minimum atomic E-state index is 0.411. The minimum absolute atomic E-state index is 0.411. The van der Waals surface area contributed by atoms with Crippen molar-refractivity contribution >= 4 is 75.2 Å². The van der Waals surface area contributed by atoms with Gasteiger partial charge in [0, 0.05) is 58.4 Å². The zero-order chi connectivity index (χ0) is 38.3. The SMILES string of the molecule is CN(C)c1nc(Nc2ccc(Nc3ccc(N=Nc4n(C)cc[n+]4C)cc3)cc2)nc(Nc2ccc(Nc3ccc(N=Nc4n(C)cc[n+]4C)cc3)cc2)n1. The monoisotopic (exact) mass is 734 g/mol. The van der Waals surface area contributed by atoms with Gasteiger partial charge in [-0.05, 0) is 97.1 Å². The van der Waals surface area contributed by atoms with E-state index in [9.17, 15) is 0 Å². The normalized spacial score (nSPS) is 11.3. The maximum absolute atomic E-state index is 4.64. The molecular weight excluding hydrogens is 693 g/mol. The average Bonchev–Trinajstić information content (AvgIpc) is 3.69. The topological polar surface area (TPSA) is 157 Å². The second-order valence-electron chi connectivity index (χ2n) is 13.0. The Bertz CT molecular complexity index is 2220. The Hall–Kier alpha value is -7.49. The van der Waals surface area contributed by atoms with E-state index in [1.165, 1.54) is 0 Å². The van der Waals surface area contributed by atoms with Gasteiger partial charge < -0.3 is 26.2 Å². The Morgan fingerprint density at radius 3 is 1.11 bits per heavy atom. The van der Waals surface area contributed by atoms with E-state index in [0.29, 0.717) is 17.8 Å². The van der Waals surface area contributed by atoms with Crippen LogP contribution in [0.3, 0.4) is 0 Å². The molecule has 0 spiro atoms. The predicted molar refractivity (Wildman–Crippen MR) is 215 cm³/mol. The summed E-state index contributed by atoms with van der Waals surface area (Å²) in [6.07, 6.45) is 7.75. The fraction of sp³-hybridized carbons (Fsp3) is 0.154. The molecule has 276 valence electrons. The molecule has 0 bridgehead atoms. The lowest BCUT2D eigenvalue weighted by molar-refractivity contribution is -0.657. The van der Waals surface area contributed by atoms with Gasteiger partial charge >= 0.3 is 11.9 Å². The number of aromatic nitrogens is 7. The van der Waals surface area contributed by atoms with Gasteiger partial charge in [0.25, 0.3) is 0 Å². The molecule has 0 unspecified atom stereocenters. The third kappa shape index (κ3) is 9.12. The molecule has 0 aliphatic rings. The molecule has 3 aromatic heterocycles. The molecule has 0 saturated carbocycles. The van der Waals surface area contributed by atoms with Gasteiger partial charge in [-0.15, -0.1) is 0 Å². The number of rotatable bonds is 13. The quantitative estimate of drug-likeness (QED) is 0.0685. The van der Waals surface area contributed by atoms with Gasteiger partial charge in [-0.2, -0.15) is 15.0 Å². The van der Waals surface area contributed by atoms with Crippen molar-refractivity contribution in [1.29, 1.82) is 0 Å². The van der Waals surface area contributed by atoms with E-state index < -0.39 is 0 Å². The number of nitrogens with one attached hydrogen (secondary N) is 4. The van der Waals surface area contributed by atoms with E-state index in [-0.39, 0.29) is 0 Å². The highest BCUT2D eigenvalue weighted by Gasteiger charge is 2.13. The van der Waals surface area contributed by atoms with Crippen LogP contribution in [-0.4, -0.2) is 38.2 Å². The van der Waals surface area contributed by atoms with E-state index in [0.717, 1.165) is 57.4 Å². The highest BCUT2D eigenvalue weighted by atomic mass is 15.3.